The zero-order chi connectivity index (χ0) is 12.7. The van der Waals surface area contributed by atoms with Gasteiger partial charge in [-0.15, -0.1) is 0 Å². The van der Waals surface area contributed by atoms with E-state index in [4.69, 9.17) is 4.74 Å². The van der Waals surface area contributed by atoms with Gasteiger partial charge in [0.2, 0.25) is 5.88 Å². The lowest BCUT2D eigenvalue weighted by atomic mass is 9.96. The second-order valence-electron chi connectivity index (χ2n) is 4.08. The largest absolute Gasteiger partial charge is 0.477 e. The quantitative estimate of drug-likeness (QED) is 0.791. The van der Waals surface area contributed by atoms with Crippen LogP contribution in [0.1, 0.15) is 45.7 Å². The van der Waals surface area contributed by atoms with Crippen molar-refractivity contribution in [2.75, 3.05) is 13.2 Å². The summed E-state index contributed by atoms with van der Waals surface area (Å²) in [7, 11) is 0. The van der Waals surface area contributed by atoms with Crippen LogP contribution in [0.2, 0.25) is 0 Å². The standard InChI is InChI=1S/C13H23N3O/c1-5-11(15-6-2)10(4)12-8-14-9-13(16-12)17-7-3/h8-11,15H,5-7H2,1-4H3. The maximum atomic E-state index is 5.38. The molecule has 1 aromatic heterocycles. The number of hydrogen-bond acceptors (Lipinski definition) is 4. The molecule has 96 valence electrons. The van der Waals surface area contributed by atoms with Crippen LogP contribution < -0.4 is 10.1 Å². The lowest BCUT2D eigenvalue weighted by molar-refractivity contribution is 0.322. The van der Waals surface area contributed by atoms with E-state index in [1.165, 1.54) is 0 Å². The molecule has 0 aliphatic heterocycles. The molecule has 2 unspecified atom stereocenters. The topological polar surface area (TPSA) is 47.0 Å². The Morgan fingerprint density at radius 2 is 2.06 bits per heavy atom. The number of rotatable bonds is 7. The molecule has 0 aliphatic carbocycles. The molecule has 0 saturated heterocycles. The van der Waals surface area contributed by atoms with E-state index in [0.29, 0.717) is 24.4 Å². The van der Waals surface area contributed by atoms with Gasteiger partial charge < -0.3 is 10.1 Å². The molecule has 1 rings (SSSR count). The zero-order valence-corrected chi connectivity index (χ0v) is 11.2. The minimum Gasteiger partial charge on any atom is -0.477 e. The van der Waals surface area contributed by atoms with E-state index < -0.39 is 0 Å². The van der Waals surface area contributed by atoms with Crippen molar-refractivity contribution in [1.82, 2.24) is 15.3 Å². The van der Waals surface area contributed by atoms with Crippen molar-refractivity contribution in [3.63, 3.8) is 0 Å². The fourth-order valence-corrected chi connectivity index (χ4v) is 1.94. The van der Waals surface area contributed by atoms with Crippen molar-refractivity contribution >= 4 is 0 Å². The molecule has 0 radical (unpaired) electrons. The number of likely N-dealkylation sites (N-methyl/N-ethyl adjacent to an activating group) is 1. The highest BCUT2D eigenvalue weighted by molar-refractivity contribution is 5.13. The molecular weight excluding hydrogens is 214 g/mol. The van der Waals surface area contributed by atoms with E-state index >= 15 is 0 Å². The first-order chi connectivity index (χ1) is 8.22. The summed E-state index contributed by atoms with van der Waals surface area (Å²) in [6.07, 6.45) is 4.57. The van der Waals surface area contributed by atoms with E-state index in [-0.39, 0.29) is 0 Å². The molecular formula is C13H23N3O. The first kappa shape index (κ1) is 13.9. The smallest absolute Gasteiger partial charge is 0.232 e. The SMILES string of the molecule is CCNC(CC)C(C)c1cncc(OCC)n1. The van der Waals surface area contributed by atoms with Crippen LogP contribution in [0, 0.1) is 0 Å². The average Bonchev–Trinajstić information content (AvgIpc) is 2.36. The van der Waals surface area contributed by atoms with Crippen LogP contribution in [0.4, 0.5) is 0 Å². The molecule has 0 saturated carbocycles. The molecule has 4 nitrogen and oxygen atoms in total. The Kier molecular flexibility index (Phi) is 5.91. The minimum atomic E-state index is 0.341. The molecule has 0 amide bonds. The first-order valence-corrected chi connectivity index (χ1v) is 6.40. The first-order valence-electron chi connectivity index (χ1n) is 6.40. The number of nitrogens with zero attached hydrogens (tertiary/aromatic N) is 2. The molecule has 4 heteroatoms. The molecule has 17 heavy (non-hydrogen) atoms. The van der Waals surface area contributed by atoms with Crippen molar-refractivity contribution < 1.29 is 4.74 Å². The van der Waals surface area contributed by atoms with Gasteiger partial charge in [-0.25, -0.2) is 4.98 Å². The summed E-state index contributed by atoms with van der Waals surface area (Å²) < 4.78 is 5.38. The zero-order valence-electron chi connectivity index (χ0n) is 11.2. The Hall–Kier alpha value is -1.16. The lowest BCUT2D eigenvalue weighted by Gasteiger charge is -2.23. The lowest BCUT2D eigenvalue weighted by Crippen LogP contribution is -2.33. The maximum absolute atomic E-state index is 5.38. The number of nitrogens with one attached hydrogen (secondary N) is 1. The summed E-state index contributed by atoms with van der Waals surface area (Å²) in [6, 6.07) is 0.436. The molecule has 1 N–H and O–H groups in total. The van der Waals surface area contributed by atoms with Crippen LogP contribution in [0.15, 0.2) is 12.4 Å². The van der Waals surface area contributed by atoms with E-state index in [2.05, 4.69) is 36.1 Å². The Morgan fingerprint density at radius 3 is 2.65 bits per heavy atom. The fraction of sp³-hybridized carbons (Fsp3) is 0.692. The molecule has 2 atom stereocenters. The minimum absolute atomic E-state index is 0.341. The molecule has 1 heterocycles. The van der Waals surface area contributed by atoms with Crippen LogP contribution >= 0.6 is 0 Å². The predicted octanol–water partition coefficient (Wildman–Crippen LogP) is 2.37. The van der Waals surface area contributed by atoms with E-state index in [1.54, 1.807) is 6.20 Å². The summed E-state index contributed by atoms with van der Waals surface area (Å²) in [5.74, 6) is 0.955. The summed E-state index contributed by atoms with van der Waals surface area (Å²) >= 11 is 0. The van der Waals surface area contributed by atoms with Gasteiger partial charge in [-0.2, -0.15) is 0 Å². The Labute approximate surface area is 104 Å². The predicted molar refractivity (Wildman–Crippen MR) is 69.4 cm³/mol. The molecule has 0 bridgehead atoms. The monoisotopic (exact) mass is 237 g/mol. The van der Waals surface area contributed by atoms with Crippen molar-refractivity contribution in [1.29, 1.82) is 0 Å². The highest BCUT2D eigenvalue weighted by Crippen LogP contribution is 2.20. The third-order valence-corrected chi connectivity index (χ3v) is 2.90. The number of ether oxygens (including phenoxy) is 1. The van der Waals surface area contributed by atoms with Crippen molar-refractivity contribution in [3.8, 4) is 5.88 Å². The van der Waals surface area contributed by atoms with E-state index in [9.17, 15) is 0 Å². The van der Waals surface area contributed by atoms with Crippen molar-refractivity contribution in [2.45, 2.75) is 46.1 Å². The number of aromatic nitrogens is 2. The van der Waals surface area contributed by atoms with Crippen LogP contribution in [0.25, 0.3) is 0 Å². The highest BCUT2D eigenvalue weighted by atomic mass is 16.5. The number of hydrogen-bond donors (Lipinski definition) is 1. The van der Waals surface area contributed by atoms with Gasteiger partial charge >= 0.3 is 0 Å². The third-order valence-electron chi connectivity index (χ3n) is 2.90. The van der Waals surface area contributed by atoms with Gasteiger partial charge in [0.25, 0.3) is 0 Å². The second-order valence-corrected chi connectivity index (χ2v) is 4.08. The summed E-state index contributed by atoms with van der Waals surface area (Å²) in [5.41, 5.74) is 0.990. The van der Waals surface area contributed by atoms with Gasteiger partial charge in [-0.1, -0.05) is 20.8 Å². The Balaban J connectivity index is 2.79. The van der Waals surface area contributed by atoms with Gasteiger partial charge in [0.15, 0.2) is 0 Å². The van der Waals surface area contributed by atoms with Gasteiger partial charge in [-0.05, 0) is 19.9 Å². The maximum Gasteiger partial charge on any atom is 0.232 e. The van der Waals surface area contributed by atoms with Crippen LogP contribution in [-0.2, 0) is 0 Å². The summed E-state index contributed by atoms with van der Waals surface area (Å²) in [4.78, 5) is 8.67. The average molecular weight is 237 g/mol. The normalized spacial score (nSPS) is 14.4. The van der Waals surface area contributed by atoms with Gasteiger partial charge in [0.05, 0.1) is 18.5 Å². The molecule has 0 aliphatic rings. The summed E-state index contributed by atoms with van der Waals surface area (Å²) in [6.45, 7) is 10.0. The van der Waals surface area contributed by atoms with Crippen molar-refractivity contribution in [3.05, 3.63) is 18.1 Å². The van der Waals surface area contributed by atoms with Gasteiger partial charge in [-0.3, -0.25) is 4.98 Å². The van der Waals surface area contributed by atoms with Gasteiger partial charge in [0.1, 0.15) is 0 Å². The Bertz CT molecular complexity index is 330. The van der Waals surface area contributed by atoms with Crippen molar-refractivity contribution in [2.24, 2.45) is 0 Å². The fourth-order valence-electron chi connectivity index (χ4n) is 1.94. The van der Waals surface area contributed by atoms with E-state index in [1.807, 2.05) is 13.1 Å². The highest BCUT2D eigenvalue weighted by Gasteiger charge is 2.18. The van der Waals surface area contributed by atoms with E-state index in [0.717, 1.165) is 18.7 Å². The third kappa shape index (κ3) is 3.97. The molecule has 1 aromatic rings. The molecule has 0 aromatic carbocycles. The molecule has 0 spiro atoms. The molecule has 0 fully saturated rings. The van der Waals surface area contributed by atoms with Crippen LogP contribution in [-0.4, -0.2) is 29.2 Å². The van der Waals surface area contributed by atoms with Crippen LogP contribution in [0.5, 0.6) is 5.88 Å². The van der Waals surface area contributed by atoms with Gasteiger partial charge in [0, 0.05) is 18.2 Å². The summed E-state index contributed by atoms with van der Waals surface area (Å²) in [5, 5.41) is 3.47. The second kappa shape index (κ2) is 7.22. The Morgan fingerprint density at radius 1 is 1.29 bits per heavy atom. The van der Waals surface area contributed by atoms with Crippen LogP contribution in [0.3, 0.4) is 0 Å².